The Labute approximate surface area is 124 Å². The number of carbonyl (C=O) groups excluding carboxylic acids is 2. The van der Waals surface area contributed by atoms with E-state index in [0.717, 1.165) is 5.56 Å². The van der Waals surface area contributed by atoms with Gasteiger partial charge in [0, 0.05) is 24.1 Å². The summed E-state index contributed by atoms with van der Waals surface area (Å²) < 4.78 is 14.0. The van der Waals surface area contributed by atoms with E-state index in [-0.39, 0.29) is 18.1 Å². The fourth-order valence-corrected chi connectivity index (χ4v) is 2.79. The Hall–Kier alpha value is -1.47. The topological polar surface area (TPSA) is 75.4 Å². The first kappa shape index (κ1) is 14.9. The van der Waals surface area contributed by atoms with Gasteiger partial charge in [0.1, 0.15) is 5.82 Å². The van der Waals surface area contributed by atoms with Gasteiger partial charge in [0.25, 0.3) is 0 Å². The highest BCUT2D eigenvalue weighted by molar-refractivity contribution is 9.10. The van der Waals surface area contributed by atoms with Crippen molar-refractivity contribution in [1.82, 2.24) is 10.2 Å². The number of carbonyl (C=O) groups is 2. The van der Waals surface area contributed by atoms with Crippen LogP contribution in [-0.2, 0) is 16.1 Å². The van der Waals surface area contributed by atoms with Gasteiger partial charge in [-0.25, -0.2) is 4.39 Å². The molecule has 0 saturated carbocycles. The molecule has 2 rings (SSSR count). The van der Waals surface area contributed by atoms with Gasteiger partial charge in [-0.05, 0) is 23.8 Å². The minimum absolute atomic E-state index is 0.0336. The zero-order valence-corrected chi connectivity index (χ0v) is 12.3. The Balaban J connectivity index is 2.19. The van der Waals surface area contributed by atoms with Crippen LogP contribution >= 0.6 is 15.9 Å². The molecule has 1 unspecified atom stereocenters. The van der Waals surface area contributed by atoms with Crippen molar-refractivity contribution >= 4 is 27.7 Å². The third kappa shape index (κ3) is 3.77. The summed E-state index contributed by atoms with van der Waals surface area (Å²) in [5.74, 6) is -1.09. The molecule has 0 spiro atoms. The number of nitrogens with zero attached hydrogens (tertiary/aromatic N) is 1. The van der Waals surface area contributed by atoms with Gasteiger partial charge in [-0.1, -0.05) is 15.9 Å². The standard InChI is InChI=1S/C13H15BrFN3O2/c14-9-3-8(4-10(15)5-9)7-18-2-1-17-12(19)6-11(18)13(16)20/h3-5,11H,1-2,6-7H2,(H2,16,20)(H,17,19). The van der Waals surface area contributed by atoms with Crippen LogP contribution in [0.3, 0.4) is 0 Å². The summed E-state index contributed by atoms with van der Waals surface area (Å²) in [6.45, 7) is 1.30. The average Bonchev–Trinajstić information content (AvgIpc) is 2.50. The zero-order valence-electron chi connectivity index (χ0n) is 10.7. The van der Waals surface area contributed by atoms with Crippen LogP contribution in [0.15, 0.2) is 22.7 Å². The summed E-state index contributed by atoms with van der Waals surface area (Å²) >= 11 is 3.23. The van der Waals surface area contributed by atoms with Crippen molar-refractivity contribution in [1.29, 1.82) is 0 Å². The van der Waals surface area contributed by atoms with Gasteiger partial charge in [0.2, 0.25) is 11.8 Å². The summed E-state index contributed by atoms with van der Waals surface area (Å²) in [4.78, 5) is 24.8. The summed E-state index contributed by atoms with van der Waals surface area (Å²) in [6, 6.07) is 3.88. The summed E-state index contributed by atoms with van der Waals surface area (Å²) in [5, 5.41) is 2.70. The molecule has 108 valence electrons. The van der Waals surface area contributed by atoms with Crippen LogP contribution in [0.25, 0.3) is 0 Å². The first-order chi connectivity index (χ1) is 9.45. The number of amides is 2. The molecule has 0 aromatic heterocycles. The molecular formula is C13H15BrFN3O2. The molecule has 2 amide bonds. The van der Waals surface area contributed by atoms with Crippen molar-refractivity contribution < 1.29 is 14.0 Å². The molecule has 0 radical (unpaired) electrons. The summed E-state index contributed by atoms with van der Waals surface area (Å²) in [6.07, 6.45) is 0.0336. The molecular weight excluding hydrogens is 329 g/mol. The number of hydrogen-bond donors (Lipinski definition) is 2. The minimum atomic E-state index is -0.667. The van der Waals surface area contributed by atoms with Gasteiger partial charge in [-0.2, -0.15) is 0 Å². The van der Waals surface area contributed by atoms with Gasteiger partial charge < -0.3 is 11.1 Å². The molecule has 1 aliphatic heterocycles. The van der Waals surface area contributed by atoms with E-state index < -0.39 is 11.9 Å². The van der Waals surface area contributed by atoms with Crippen LogP contribution in [-0.4, -0.2) is 35.8 Å². The zero-order chi connectivity index (χ0) is 14.7. The van der Waals surface area contributed by atoms with Crippen LogP contribution in [0.4, 0.5) is 4.39 Å². The van der Waals surface area contributed by atoms with Gasteiger partial charge in [0.05, 0.1) is 12.5 Å². The van der Waals surface area contributed by atoms with E-state index in [4.69, 9.17) is 5.73 Å². The molecule has 1 heterocycles. The Morgan fingerprint density at radius 3 is 2.90 bits per heavy atom. The minimum Gasteiger partial charge on any atom is -0.368 e. The second-order valence-corrected chi connectivity index (χ2v) is 5.64. The molecule has 0 aliphatic carbocycles. The van der Waals surface area contributed by atoms with E-state index in [2.05, 4.69) is 21.2 Å². The maximum atomic E-state index is 13.4. The molecule has 5 nitrogen and oxygen atoms in total. The van der Waals surface area contributed by atoms with Crippen LogP contribution < -0.4 is 11.1 Å². The molecule has 1 aliphatic rings. The second-order valence-electron chi connectivity index (χ2n) is 4.72. The van der Waals surface area contributed by atoms with Crippen LogP contribution in [0.5, 0.6) is 0 Å². The van der Waals surface area contributed by atoms with Crippen molar-refractivity contribution in [3.8, 4) is 0 Å². The molecule has 1 fully saturated rings. The summed E-state index contributed by atoms with van der Waals surface area (Å²) in [5.41, 5.74) is 6.08. The molecule has 1 aromatic carbocycles. The van der Waals surface area contributed by atoms with Crippen LogP contribution in [0.2, 0.25) is 0 Å². The first-order valence-electron chi connectivity index (χ1n) is 6.21. The molecule has 0 bridgehead atoms. The van der Waals surface area contributed by atoms with E-state index in [1.54, 1.807) is 11.0 Å². The lowest BCUT2D eigenvalue weighted by atomic mass is 10.1. The Bertz CT molecular complexity index is 518. The number of primary amides is 1. The van der Waals surface area contributed by atoms with Gasteiger partial charge in [0.15, 0.2) is 0 Å². The maximum absolute atomic E-state index is 13.4. The van der Waals surface area contributed by atoms with Gasteiger partial charge in [-0.15, -0.1) is 0 Å². The number of nitrogens with two attached hydrogens (primary N) is 1. The lowest BCUT2D eigenvalue weighted by Gasteiger charge is -2.26. The highest BCUT2D eigenvalue weighted by Crippen LogP contribution is 2.18. The van der Waals surface area contributed by atoms with Crippen molar-refractivity contribution in [2.24, 2.45) is 5.73 Å². The monoisotopic (exact) mass is 343 g/mol. The van der Waals surface area contributed by atoms with Crippen LogP contribution in [0, 0.1) is 5.82 Å². The Morgan fingerprint density at radius 2 is 2.25 bits per heavy atom. The molecule has 20 heavy (non-hydrogen) atoms. The van der Waals surface area contributed by atoms with Crippen molar-refractivity contribution in [3.63, 3.8) is 0 Å². The maximum Gasteiger partial charge on any atom is 0.235 e. The molecule has 1 atom stereocenters. The third-order valence-corrected chi connectivity index (χ3v) is 3.63. The van der Waals surface area contributed by atoms with E-state index in [1.807, 2.05) is 0 Å². The Morgan fingerprint density at radius 1 is 1.50 bits per heavy atom. The van der Waals surface area contributed by atoms with E-state index in [0.29, 0.717) is 24.1 Å². The molecule has 1 aromatic rings. The van der Waals surface area contributed by atoms with Crippen molar-refractivity contribution in [2.75, 3.05) is 13.1 Å². The molecule has 7 heteroatoms. The lowest BCUT2D eigenvalue weighted by Crippen LogP contribution is -2.45. The quantitative estimate of drug-likeness (QED) is 0.850. The number of halogens is 2. The van der Waals surface area contributed by atoms with Gasteiger partial charge >= 0.3 is 0 Å². The van der Waals surface area contributed by atoms with E-state index in [9.17, 15) is 14.0 Å². The predicted octanol–water partition coefficient (Wildman–Crippen LogP) is 0.764. The van der Waals surface area contributed by atoms with Gasteiger partial charge in [-0.3, -0.25) is 14.5 Å². The predicted molar refractivity (Wildman–Crippen MR) is 75.1 cm³/mol. The largest absolute Gasteiger partial charge is 0.368 e. The van der Waals surface area contributed by atoms with E-state index >= 15 is 0 Å². The fourth-order valence-electron chi connectivity index (χ4n) is 2.28. The molecule has 1 saturated heterocycles. The highest BCUT2D eigenvalue weighted by Gasteiger charge is 2.29. The normalized spacial score (nSPS) is 20.3. The van der Waals surface area contributed by atoms with Crippen LogP contribution in [0.1, 0.15) is 12.0 Å². The number of benzene rings is 1. The smallest absolute Gasteiger partial charge is 0.235 e. The van der Waals surface area contributed by atoms with Crippen molar-refractivity contribution in [2.45, 2.75) is 19.0 Å². The van der Waals surface area contributed by atoms with E-state index in [1.165, 1.54) is 12.1 Å². The Kier molecular flexibility index (Phi) is 4.72. The van der Waals surface area contributed by atoms with Crippen molar-refractivity contribution in [3.05, 3.63) is 34.1 Å². The second kappa shape index (κ2) is 6.32. The molecule has 3 N–H and O–H groups in total. The number of rotatable bonds is 3. The summed E-state index contributed by atoms with van der Waals surface area (Å²) in [7, 11) is 0. The highest BCUT2D eigenvalue weighted by atomic mass is 79.9. The number of nitrogens with one attached hydrogen (secondary N) is 1. The lowest BCUT2D eigenvalue weighted by molar-refractivity contribution is -0.128. The average molecular weight is 344 g/mol. The third-order valence-electron chi connectivity index (χ3n) is 3.18. The SMILES string of the molecule is NC(=O)C1CC(=O)NCCN1Cc1cc(F)cc(Br)c1. The number of hydrogen-bond acceptors (Lipinski definition) is 3. The fraction of sp³-hybridized carbons (Fsp3) is 0.385. The first-order valence-corrected chi connectivity index (χ1v) is 7.00.